The van der Waals surface area contributed by atoms with Gasteiger partial charge in [-0.05, 0) is 31.5 Å². The van der Waals surface area contributed by atoms with Crippen molar-refractivity contribution in [3.8, 4) is 11.3 Å². The molecule has 0 radical (unpaired) electrons. The molecule has 1 amide bonds. The Balaban J connectivity index is 1.89. The van der Waals surface area contributed by atoms with Crippen LogP contribution in [0.25, 0.3) is 17.0 Å². The summed E-state index contributed by atoms with van der Waals surface area (Å²) in [5.41, 5.74) is 10.8. The Labute approximate surface area is 170 Å². The second-order valence-corrected chi connectivity index (χ2v) is 7.61. The lowest BCUT2D eigenvalue weighted by Crippen LogP contribution is -2.11. The number of aryl methyl sites for hydroxylation is 2. The van der Waals surface area contributed by atoms with Crippen molar-refractivity contribution in [1.82, 2.24) is 19.4 Å². The number of imidazole rings is 1. The van der Waals surface area contributed by atoms with Gasteiger partial charge in [0, 0.05) is 46.2 Å². The molecule has 1 aromatic carbocycles. The molecule has 142 valence electrons. The van der Waals surface area contributed by atoms with Gasteiger partial charge in [-0.3, -0.25) is 14.5 Å². The fourth-order valence-corrected chi connectivity index (χ4v) is 3.88. The molecular weight excluding hydrogens is 396 g/mol. The predicted octanol–water partition coefficient (Wildman–Crippen LogP) is 3.83. The summed E-state index contributed by atoms with van der Waals surface area (Å²) in [6, 6.07) is 5.67. The molecule has 4 rings (SSSR count). The van der Waals surface area contributed by atoms with Crippen LogP contribution in [0, 0.1) is 13.8 Å². The maximum absolute atomic E-state index is 12.6. The molecule has 28 heavy (non-hydrogen) atoms. The largest absolute Gasteiger partial charge is 0.326 e. The van der Waals surface area contributed by atoms with Crippen LogP contribution in [0.5, 0.6) is 0 Å². The van der Waals surface area contributed by atoms with Gasteiger partial charge in [0.25, 0.3) is 5.91 Å². The Kier molecular flexibility index (Phi) is 4.84. The number of hydrogen-bond acceptors (Lipinski definition) is 6. The number of benzene rings is 1. The number of aromatic nitrogens is 4. The lowest BCUT2D eigenvalue weighted by atomic mass is 10.00. The van der Waals surface area contributed by atoms with Gasteiger partial charge in [-0.2, -0.15) is 0 Å². The Morgan fingerprint density at radius 2 is 2.14 bits per heavy atom. The first-order valence-corrected chi connectivity index (χ1v) is 9.79. The van der Waals surface area contributed by atoms with E-state index in [1.165, 1.54) is 11.3 Å². The monoisotopic (exact) mass is 412 g/mol. The number of rotatable bonds is 4. The van der Waals surface area contributed by atoms with Gasteiger partial charge in [0.2, 0.25) is 5.78 Å². The zero-order valence-electron chi connectivity index (χ0n) is 15.2. The fraction of sp³-hybridized carbons (Fsp3) is 0.158. The van der Waals surface area contributed by atoms with Gasteiger partial charge in [0.1, 0.15) is 5.69 Å². The molecule has 4 aromatic rings. The van der Waals surface area contributed by atoms with Gasteiger partial charge in [-0.15, -0.1) is 11.3 Å². The first-order valence-electron chi connectivity index (χ1n) is 8.54. The zero-order valence-corrected chi connectivity index (χ0v) is 16.8. The number of nitrogens with zero attached hydrogens (tertiary/aromatic N) is 4. The second-order valence-electron chi connectivity index (χ2n) is 6.28. The van der Waals surface area contributed by atoms with Crippen LogP contribution >= 0.6 is 22.9 Å². The summed E-state index contributed by atoms with van der Waals surface area (Å²) < 4.78 is 1.81. The summed E-state index contributed by atoms with van der Waals surface area (Å²) in [6.45, 7) is 4.18. The third-order valence-electron chi connectivity index (χ3n) is 4.45. The van der Waals surface area contributed by atoms with Crippen molar-refractivity contribution in [2.45, 2.75) is 20.4 Å². The maximum atomic E-state index is 12.6. The molecule has 3 N–H and O–H groups in total. The van der Waals surface area contributed by atoms with E-state index in [1.54, 1.807) is 17.8 Å². The standard InChI is InChI=1S/C19H17ClN6OS/c1-10-7-12(20)3-4-13(10)16-14(8-21)11(2)23-18-24-15(9-26(16)18)17(27)25-19-22-5-6-28-19/h3-7,9H,8,21H2,1-2H3,(H,22,25,27). The number of carbonyl (C=O) groups excluding carboxylic acids is 1. The van der Waals surface area contributed by atoms with Gasteiger partial charge in [0.05, 0.1) is 5.69 Å². The summed E-state index contributed by atoms with van der Waals surface area (Å²) >= 11 is 7.47. The van der Waals surface area contributed by atoms with Crippen LogP contribution in [0.1, 0.15) is 27.3 Å². The lowest BCUT2D eigenvalue weighted by Gasteiger charge is -2.15. The van der Waals surface area contributed by atoms with Gasteiger partial charge in [0.15, 0.2) is 5.13 Å². The molecule has 0 aliphatic rings. The molecule has 3 aromatic heterocycles. The van der Waals surface area contributed by atoms with Crippen molar-refractivity contribution < 1.29 is 4.79 Å². The predicted molar refractivity (Wildman–Crippen MR) is 111 cm³/mol. The first kappa shape index (κ1) is 18.5. The number of nitrogens with one attached hydrogen (secondary N) is 1. The highest BCUT2D eigenvalue weighted by Crippen LogP contribution is 2.31. The highest BCUT2D eigenvalue weighted by Gasteiger charge is 2.20. The third-order valence-corrected chi connectivity index (χ3v) is 5.38. The SMILES string of the molecule is Cc1cc(Cl)ccc1-c1c(CN)c(C)nc2nc(C(=O)Nc3nccs3)cn12. The van der Waals surface area contributed by atoms with Gasteiger partial charge in [-0.1, -0.05) is 17.7 Å². The summed E-state index contributed by atoms with van der Waals surface area (Å²) in [5, 5.41) is 5.71. The van der Waals surface area contributed by atoms with Crippen LogP contribution in [0.3, 0.4) is 0 Å². The second kappa shape index (κ2) is 7.31. The van der Waals surface area contributed by atoms with Gasteiger partial charge >= 0.3 is 0 Å². The van der Waals surface area contributed by atoms with Crippen molar-refractivity contribution >= 4 is 39.8 Å². The number of nitrogens with two attached hydrogens (primary N) is 1. The van der Waals surface area contributed by atoms with E-state index in [0.29, 0.717) is 22.5 Å². The Morgan fingerprint density at radius 3 is 2.82 bits per heavy atom. The Bertz CT molecular complexity index is 1190. The Hall–Kier alpha value is -2.81. The molecule has 0 atom stereocenters. The molecule has 0 spiro atoms. The highest BCUT2D eigenvalue weighted by molar-refractivity contribution is 7.13. The van der Waals surface area contributed by atoms with Crippen LogP contribution in [-0.2, 0) is 6.54 Å². The number of carbonyl (C=O) groups is 1. The van der Waals surface area contributed by atoms with Crippen LogP contribution < -0.4 is 11.1 Å². The van der Waals surface area contributed by atoms with E-state index in [0.717, 1.165) is 28.1 Å². The van der Waals surface area contributed by atoms with Crippen molar-refractivity contribution in [3.05, 3.63) is 63.5 Å². The molecular formula is C19H17ClN6OS. The molecule has 0 bridgehead atoms. The van der Waals surface area contributed by atoms with Crippen LogP contribution in [-0.4, -0.2) is 25.3 Å². The van der Waals surface area contributed by atoms with Crippen molar-refractivity contribution in [2.24, 2.45) is 5.73 Å². The van der Waals surface area contributed by atoms with E-state index < -0.39 is 0 Å². The van der Waals surface area contributed by atoms with Crippen LogP contribution in [0.4, 0.5) is 5.13 Å². The molecule has 0 saturated carbocycles. The topological polar surface area (TPSA) is 98.2 Å². The number of anilines is 1. The molecule has 0 unspecified atom stereocenters. The lowest BCUT2D eigenvalue weighted by molar-refractivity contribution is 0.102. The van der Waals surface area contributed by atoms with Crippen LogP contribution in [0.15, 0.2) is 36.0 Å². The van der Waals surface area contributed by atoms with E-state index >= 15 is 0 Å². The average Bonchev–Trinajstić information content (AvgIpc) is 3.30. The maximum Gasteiger partial charge on any atom is 0.277 e. The number of amides is 1. The smallest absolute Gasteiger partial charge is 0.277 e. The van der Waals surface area contributed by atoms with E-state index in [9.17, 15) is 4.79 Å². The fourth-order valence-electron chi connectivity index (χ4n) is 3.13. The minimum absolute atomic E-state index is 0.254. The number of halogens is 1. The first-order chi connectivity index (χ1) is 13.5. The van der Waals surface area contributed by atoms with Crippen molar-refractivity contribution in [1.29, 1.82) is 0 Å². The Morgan fingerprint density at radius 1 is 1.32 bits per heavy atom. The molecule has 0 aliphatic heterocycles. The number of fused-ring (bicyclic) bond motifs is 1. The molecule has 9 heteroatoms. The van der Waals surface area contributed by atoms with E-state index in [-0.39, 0.29) is 11.6 Å². The normalized spacial score (nSPS) is 11.1. The molecule has 0 saturated heterocycles. The number of thiazole rings is 1. The summed E-state index contributed by atoms with van der Waals surface area (Å²) in [4.78, 5) is 25.6. The van der Waals surface area contributed by atoms with Crippen LogP contribution in [0.2, 0.25) is 5.02 Å². The highest BCUT2D eigenvalue weighted by atomic mass is 35.5. The summed E-state index contributed by atoms with van der Waals surface area (Å²) in [5.74, 6) is 0.0921. The molecule has 0 aliphatic carbocycles. The van der Waals surface area contributed by atoms with E-state index in [1.807, 2.05) is 36.4 Å². The minimum Gasteiger partial charge on any atom is -0.326 e. The van der Waals surface area contributed by atoms with Crippen molar-refractivity contribution in [3.63, 3.8) is 0 Å². The zero-order chi connectivity index (χ0) is 19.8. The molecule has 7 nitrogen and oxygen atoms in total. The van der Waals surface area contributed by atoms with E-state index in [2.05, 4.69) is 20.3 Å². The molecule has 0 fully saturated rings. The van der Waals surface area contributed by atoms with E-state index in [4.69, 9.17) is 17.3 Å². The summed E-state index contributed by atoms with van der Waals surface area (Å²) in [7, 11) is 0. The minimum atomic E-state index is -0.342. The number of hydrogen-bond donors (Lipinski definition) is 2. The average molecular weight is 413 g/mol. The van der Waals surface area contributed by atoms with Gasteiger partial charge < -0.3 is 5.73 Å². The molecule has 3 heterocycles. The van der Waals surface area contributed by atoms with Crippen molar-refractivity contribution in [2.75, 3.05) is 5.32 Å². The quantitative estimate of drug-likeness (QED) is 0.530. The summed E-state index contributed by atoms with van der Waals surface area (Å²) in [6.07, 6.45) is 3.30. The third kappa shape index (κ3) is 3.26. The van der Waals surface area contributed by atoms with Gasteiger partial charge in [-0.25, -0.2) is 15.0 Å².